The standard InChI is InChI=1S/C11H18N4O2.ClH/c1-11(2,3)8(12)10(17)15-6-4-7(9(13)16)14-5-6;/h4-5,8,14H,12H2,1-3H3,(H2,13,16)(H,15,17);1H/t8-;/m1./s1. The second-order valence-corrected chi connectivity index (χ2v) is 5.00. The van der Waals surface area contributed by atoms with Crippen LogP contribution in [0.2, 0.25) is 0 Å². The van der Waals surface area contributed by atoms with Gasteiger partial charge in [0.05, 0.1) is 11.7 Å². The van der Waals surface area contributed by atoms with Gasteiger partial charge in [-0.25, -0.2) is 0 Å². The predicted octanol–water partition coefficient (Wildman–Crippen LogP) is 0.847. The number of amides is 2. The first-order valence-corrected chi connectivity index (χ1v) is 5.26. The van der Waals surface area contributed by atoms with Crippen LogP contribution in [0.1, 0.15) is 31.3 Å². The lowest BCUT2D eigenvalue weighted by atomic mass is 9.87. The first-order chi connectivity index (χ1) is 7.71. The van der Waals surface area contributed by atoms with Crippen molar-refractivity contribution in [1.82, 2.24) is 4.98 Å². The van der Waals surface area contributed by atoms with E-state index in [1.54, 1.807) is 0 Å². The number of hydrogen-bond acceptors (Lipinski definition) is 3. The Bertz CT molecular complexity index is 436. The van der Waals surface area contributed by atoms with Crippen LogP contribution in [0.3, 0.4) is 0 Å². The molecule has 0 aliphatic heterocycles. The summed E-state index contributed by atoms with van der Waals surface area (Å²) in [6.07, 6.45) is 1.49. The van der Waals surface area contributed by atoms with Crippen molar-refractivity contribution >= 4 is 29.9 Å². The maximum atomic E-state index is 11.8. The van der Waals surface area contributed by atoms with Crippen molar-refractivity contribution in [2.45, 2.75) is 26.8 Å². The third kappa shape index (κ3) is 4.05. The number of rotatable bonds is 3. The lowest BCUT2D eigenvalue weighted by Crippen LogP contribution is -2.45. The van der Waals surface area contributed by atoms with Gasteiger partial charge in [0.1, 0.15) is 5.69 Å². The van der Waals surface area contributed by atoms with E-state index in [-0.39, 0.29) is 29.4 Å². The Kier molecular flexibility index (Phi) is 5.38. The van der Waals surface area contributed by atoms with Gasteiger partial charge in [-0.3, -0.25) is 9.59 Å². The van der Waals surface area contributed by atoms with E-state index in [9.17, 15) is 9.59 Å². The zero-order valence-corrected chi connectivity index (χ0v) is 11.4. The van der Waals surface area contributed by atoms with Crippen LogP contribution in [-0.2, 0) is 4.79 Å². The van der Waals surface area contributed by atoms with Crippen LogP contribution in [0.5, 0.6) is 0 Å². The summed E-state index contributed by atoms with van der Waals surface area (Å²) in [5, 5.41) is 2.62. The van der Waals surface area contributed by atoms with Crippen molar-refractivity contribution in [3.8, 4) is 0 Å². The minimum absolute atomic E-state index is 0. The lowest BCUT2D eigenvalue weighted by molar-refractivity contribution is -0.119. The van der Waals surface area contributed by atoms with Gasteiger partial charge < -0.3 is 21.8 Å². The Hall–Kier alpha value is -1.53. The number of primary amides is 1. The summed E-state index contributed by atoms with van der Waals surface area (Å²) in [6, 6.07) is 0.838. The topological polar surface area (TPSA) is 114 Å². The SMILES string of the molecule is CC(C)(C)[C@H](N)C(=O)Nc1c[nH]c(C(N)=O)c1.Cl. The highest BCUT2D eigenvalue weighted by atomic mass is 35.5. The molecule has 7 heteroatoms. The van der Waals surface area contributed by atoms with Crippen LogP contribution in [0.15, 0.2) is 12.3 Å². The molecule has 1 atom stereocenters. The molecule has 0 radical (unpaired) electrons. The van der Waals surface area contributed by atoms with Crippen molar-refractivity contribution in [3.63, 3.8) is 0 Å². The Labute approximate surface area is 112 Å². The molecule has 0 spiro atoms. The van der Waals surface area contributed by atoms with Crippen molar-refractivity contribution in [2.24, 2.45) is 16.9 Å². The third-order valence-electron chi connectivity index (χ3n) is 2.43. The quantitative estimate of drug-likeness (QED) is 0.655. The van der Waals surface area contributed by atoms with E-state index in [1.807, 2.05) is 20.8 Å². The summed E-state index contributed by atoms with van der Waals surface area (Å²) >= 11 is 0. The molecule has 102 valence electrons. The largest absolute Gasteiger partial charge is 0.364 e. The molecule has 0 unspecified atom stereocenters. The number of anilines is 1. The zero-order valence-electron chi connectivity index (χ0n) is 10.6. The molecule has 2 amide bonds. The van der Waals surface area contributed by atoms with Gasteiger partial charge in [-0.15, -0.1) is 12.4 Å². The molecular weight excluding hydrogens is 256 g/mol. The number of aromatic amines is 1. The van der Waals surface area contributed by atoms with Crippen LogP contribution in [-0.4, -0.2) is 22.8 Å². The van der Waals surface area contributed by atoms with Gasteiger partial charge in [0.2, 0.25) is 5.91 Å². The number of aromatic nitrogens is 1. The van der Waals surface area contributed by atoms with E-state index < -0.39 is 11.9 Å². The van der Waals surface area contributed by atoms with Gasteiger partial charge in [0, 0.05) is 6.20 Å². The van der Waals surface area contributed by atoms with Crippen LogP contribution < -0.4 is 16.8 Å². The Balaban J connectivity index is 0.00000289. The van der Waals surface area contributed by atoms with Gasteiger partial charge in [-0.1, -0.05) is 20.8 Å². The van der Waals surface area contributed by atoms with Gasteiger partial charge in [-0.05, 0) is 11.5 Å². The first-order valence-electron chi connectivity index (χ1n) is 5.26. The summed E-state index contributed by atoms with van der Waals surface area (Å²) in [5.41, 5.74) is 11.3. The van der Waals surface area contributed by atoms with Crippen molar-refractivity contribution in [2.75, 3.05) is 5.32 Å². The third-order valence-corrected chi connectivity index (χ3v) is 2.43. The van der Waals surface area contributed by atoms with E-state index in [1.165, 1.54) is 12.3 Å². The molecule has 6 N–H and O–H groups in total. The molecule has 0 aromatic carbocycles. The summed E-state index contributed by atoms with van der Waals surface area (Å²) in [5.74, 6) is -0.877. The summed E-state index contributed by atoms with van der Waals surface area (Å²) in [7, 11) is 0. The molecule has 0 saturated heterocycles. The van der Waals surface area contributed by atoms with Crippen LogP contribution in [0.25, 0.3) is 0 Å². The highest BCUT2D eigenvalue weighted by Gasteiger charge is 2.27. The predicted molar refractivity (Wildman–Crippen MR) is 72.6 cm³/mol. The molecule has 1 aromatic heterocycles. The number of halogens is 1. The van der Waals surface area contributed by atoms with Gasteiger partial charge in [-0.2, -0.15) is 0 Å². The summed E-state index contributed by atoms with van der Waals surface area (Å²) in [6.45, 7) is 5.63. The number of carbonyl (C=O) groups excluding carboxylic acids is 2. The Morgan fingerprint density at radius 1 is 1.39 bits per heavy atom. The van der Waals surface area contributed by atoms with E-state index in [4.69, 9.17) is 11.5 Å². The van der Waals surface area contributed by atoms with Crippen molar-refractivity contribution in [3.05, 3.63) is 18.0 Å². The van der Waals surface area contributed by atoms with E-state index >= 15 is 0 Å². The van der Waals surface area contributed by atoms with E-state index in [0.717, 1.165) is 0 Å². The molecule has 0 bridgehead atoms. The zero-order chi connectivity index (χ0) is 13.2. The minimum atomic E-state index is -0.630. The smallest absolute Gasteiger partial charge is 0.265 e. The molecule has 18 heavy (non-hydrogen) atoms. The molecule has 6 nitrogen and oxygen atoms in total. The molecule has 0 saturated carbocycles. The average Bonchev–Trinajstić information content (AvgIpc) is 2.63. The highest BCUT2D eigenvalue weighted by molar-refractivity contribution is 5.97. The maximum absolute atomic E-state index is 11.8. The maximum Gasteiger partial charge on any atom is 0.265 e. The molecule has 1 rings (SSSR count). The van der Waals surface area contributed by atoms with Gasteiger partial charge in [0.15, 0.2) is 0 Å². The number of hydrogen-bond donors (Lipinski definition) is 4. The lowest BCUT2D eigenvalue weighted by Gasteiger charge is -2.25. The Morgan fingerprint density at radius 3 is 2.33 bits per heavy atom. The number of nitrogens with one attached hydrogen (secondary N) is 2. The van der Waals surface area contributed by atoms with Gasteiger partial charge in [0.25, 0.3) is 5.91 Å². The summed E-state index contributed by atoms with van der Waals surface area (Å²) in [4.78, 5) is 25.3. The minimum Gasteiger partial charge on any atom is -0.364 e. The second kappa shape index (κ2) is 5.88. The van der Waals surface area contributed by atoms with Crippen LogP contribution in [0.4, 0.5) is 5.69 Å². The summed E-state index contributed by atoms with van der Waals surface area (Å²) < 4.78 is 0. The fraction of sp³-hybridized carbons (Fsp3) is 0.455. The fourth-order valence-corrected chi connectivity index (χ4v) is 1.22. The normalized spacial score (nSPS) is 12.4. The van der Waals surface area contributed by atoms with E-state index in [2.05, 4.69) is 10.3 Å². The number of carbonyl (C=O) groups is 2. The van der Waals surface area contributed by atoms with E-state index in [0.29, 0.717) is 5.69 Å². The highest BCUT2D eigenvalue weighted by Crippen LogP contribution is 2.19. The second-order valence-electron chi connectivity index (χ2n) is 5.00. The Morgan fingerprint density at radius 2 is 1.94 bits per heavy atom. The monoisotopic (exact) mass is 274 g/mol. The molecule has 0 aliphatic rings. The van der Waals surface area contributed by atoms with Gasteiger partial charge >= 0.3 is 0 Å². The first kappa shape index (κ1) is 16.5. The fourth-order valence-electron chi connectivity index (χ4n) is 1.22. The van der Waals surface area contributed by atoms with Crippen molar-refractivity contribution in [1.29, 1.82) is 0 Å². The van der Waals surface area contributed by atoms with Crippen molar-refractivity contribution < 1.29 is 9.59 Å². The van der Waals surface area contributed by atoms with Crippen LogP contribution in [0, 0.1) is 5.41 Å². The molecule has 0 fully saturated rings. The number of nitrogens with two attached hydrogens (primary N) is 2. The molecule has 1 heterocycles. The van der Waals surface area contributed by atoms with Crippen LogP contribution >= 0.6 is 12.4 Å². The molecule has 0 aliphatic carbocycles. The number of H-pyrrole nitrogens is 1. The molecule has 1 aromatic rings. The molecular formula is C11H19ClN4O2. The average molecular weight is 275 g/mol.